The van der Waals surface area contributed by atoms with Crippen molar-refractivity contribution in [1.29, 1.82) is 0 Å². The van der Waals surface area contributed by atoms with Crippen LogP contribution in [-0.2, 0) is 10.1 Å². The minimum atomic E-state index is -4.27. The molecule has 0 spiro atoms. The molecule has 4 nitrogen and oxygen atoms in total. The Morgan fingerprint density at radius 2 is 1.26 bits per heavy atom. The van der Waals surface area contributed by atoms with Gasteiger partial charge in [0.25, 0.3) is 0 Å². The van der Waals surface area contributed by atoms with E-state index in [4.69, 9.17) is 0 Å². The van der Waals surface area contributed by atoms with Gasteiger partial charge in [-0.15, -0.1) is 0 Å². The van der Waals surface area contributed by atoms with Crippen LogP contribution in [0.4, 0.5) is 0 Å². The van der Waals surface area contributed by atoms with Crippen LogP contribution in [0.3, 0.4) is 0 Å². The van der Waals surface area contributed by atoms with Gasteiger partial charge in [0.1, 0.15) is 10.1 Å². The molecule has 186 valence electrons. The predicted octanol–water partition coefficient (Wildman–Crippen LogP) is 6.13. The SMILES string of the molecule is C[N+]1(C)[C@@H]2CC[C@H]1CC(CC(c1ccccc1)c1ccccc1)C2.Cc1ccc(S(=O)(=O)[O-])cc1. The molecular weight excluding hydrogens is 454 g/mol. The van der Waals surface area contributed by atoms with Gasteiger partial charge in [0.05, 0.1) is 31.1 Å². The van der Waals surface area contributed by atoms with Crippen LogP contribution in [0.1, 0.15) is 54.7 Å². The predicted molar refractivity (Wildman–Crippen MR) is 140 cm³/mol. The number of hydrogen-bond acceptors (Lipinski definition) is 3. The van der Waals surface area contributed by atoms with E-state index in [1.165, 1.54) is 59.8 Å². The molecule has 2 aliphatic heterocycles. The van der Waals surface area contributed by atoms with E-state index in [0.29, 0.717) is 5.92 Å². The molecular formula is C30H37NO3S. The minimum absolute atomic E-state index is 0.178. The Bertz CT molecular complexity index is 1140. The van der Waals surface area contributed by atoms with E-state index in [1.807, 2.05) is 6.92 Å². The molecule has 1 unspecified atom stereocenters. The molecule has 2 bridgehead atoms. The molecule has 0 amide bonds. The molecule has 0 aliphatic carbocycles. The Morgan fingerprint density at radius 3 is 1.69 bits per heavy atom. The highest BCUT2D eigenvalue weighted by Crippen LogP contribution is 2.45. The number of fused-ring (bicyclic) bond motifs is 2. The van der Waals surface area contributed by atoms with Gasteiger partial charge < -0.3 is 9.04 Å². The molecule has 2 fully saturated rings. The summed E-state index contributed by atoms with van der Waals surface area (Å²) in [5, 5.41) is 0. The molecule has 35 heavy (non-hydrogen) atoms. The molecule has 3 aromatic rings. The summed E-state index contributed by atoms with van der Waals surface area (Å²) in [5.74, 6) is 1.42. The fourth-order valence-electron chi connectivity index (χ4n) is 6.06. The van der Waals surface area contributed by atoms with Crippen LogP contribution in [0.25, 0.3) is 0 Å². The molecule has 3 aromatic carbocycles. The number of quaternary nitrogens is 1. The Morgan fingerprint density at radius 1 is 0.800 bits per heavy atom. The summed E-state index contributed by atoms with van der Waals surface area (Å²) in [7, 11) is 0.656. The van der Waals surface area contributed by atoms with Crippen LogP contribution in [0, 0.1) is 12.8 Å². The first-order chi connectivity index (χ1) is 16.6. The minimum Gasteiger partial charge on any atom is -0.744 e. The van der Waals surface area contributed by atoms with Gasteiger partial charge in [-0.1, -0.05) is 78.4 Å². The first kappa shape index (κ1) is 25.6. The number of nitrogens with zero attached hydrogens (tertiary/aromatic N) is 1. The maximum absolute atomic E-state index is 10.4. The van der Waals surface area contributed by atoms with Gasteiger partial charge in [0.2, 0.25) is 0 Å². The monoisotopic (exact) mass is 491 g/mol. The van der Waals surface area contributed by atoms with E-state index in [-0.39, 0.29) is 4.90 Å². The molecule has 0 aromatic heterocycles. The van der Waals surface area contributed by atoms with Crippen LogP contribution in [-0.4, -0.2) is 43.6 Å². The lowest BCUT2D eigenvalue weighted by Crippen LogP contribution is -2.54. The lowest BCUT2D eigenvalue weighted by atomic mass is 9.78. The van der Waals surface area contributed by atoms with E-state index < -0.39 is 10.1 Å². The Hall–Kier alpha value is -2.47. The van der Waals surface area contributed by atoms with Crippen LogP contribution < -0.4 is 0 Å². The zero-order valence-electron chi connectivity index (χ0n) is 21.0. The normalized spacial score (nSPS) is 22.9. The molecule has 2 saturated heterocycles. The maximum atomic E-state index is 10.4. The lowest BCUT2D eigenvalue weighted by molar-refractivity contribution is -0.931. The van der Waals surface area contributed by atoms with Crippen molar-refractivity contribution in [3.63, 3.8) is 0 Å². The van der Waals surface area contributed by atoms with E-state index in [9.17, 15) is 13.0 Å². The number of hydrogen-bond donors (Lipinski definition) is 0. The second-order valence-electron chi connectivity index (χ2n) is 10.7. The second-order valence-corrected chi connectivity index (χ2v) is 12.1. The summed E-state index contributed by atoms with van der Waals surface area (Å²) >= 11 is 0. The van der Waals surface area contributed by atoms with Crippen molar-refractivity contribution in [3.8, 4) is 0 Å². The standard InChI is InChI=1S/C23H30N.C7H8O3S/c1-24(2)21-13-14-22(24)16-18(15-21)17-23(19-9-5-3-6-10-19)20-11-7-4-8-12-20;1-6-2-4-7(5-3-6)11(8,9)10/h3-12,18,21-23H,13-17H2,1-2H3;2-5H,1H3,(H,8,9,10)/q+1;/p-1/t18?,21-,22+;. The van der Waals surface area contributed by atoms with Crippen LogP contribution in [0.2, 0.25) is 0 Å². The van der Waals surface area contributed by atoms with Crippen molar-refractivity contribution >= 4 is 10.1 Å². The summed E-state index contributed by atoms with van der Waals surface area (Å²) < 4.78 is 32.4. The third-order valence-electron chi connectivity index (χ3n) is 8.21. The fraction of sp³-hybridized carbons (Fsp3) is 0.400. The molecule has 0 saturated carbocycles. The smallest absolute Gasteiger partial charge is 0.124 e. The lowest BCUT2D eigenvalue weighted by Gasteiger charge is -2.45. The number of rotatable bonds is 5. The Balaban J connectivity index is 0.000000221. The highest BCUT2D eigenvalue weighted by atomic mass is 32.2. The summed E-state index contributed by atoms with van der Waals surface area (Å²) in [5.41, 5.74) is 3.89. The molecule has 0 N–H and O–H groups in total. The second kappa shape index (κ2) is 10.7. The first-order valence-electron chi connectivity index (χ1n) is 12.6. The third kappa shape index (κ3) is 6.21. The molecule has 3 atom stereocenters. The van der Waals surface area contributed by atoms with Gasteiger partial charge in [-0.05, 0) is 42.5 Å². The quantitative estimate of drug-likeness (QED) is 0.319. The van der Waals surface area contributed by atoms with Crippen molar-refractivity contribution in [2.24, 2.45) is 5.92 Å². The summed E-state index contributed by atoms with van der Waals surface area (Å²) in [4.78, 5) is -0.178. The first-order valence-corrected chi connectivity index (χ1v) is 14.0. The zero-order chi connectivity index (χ0) is 25.1. The van der Waals surface area contributed by atoms with Crippen molar-refractivity contribution < 1.29 is 17.5 Å². The molecule has 2 heterocycles. The number of piperidine rings is 1. The van der Waals surface area contributed by atoms with Crippen molar-refractivity contribution in [1.82, 2.24) is 0 Å². The maximum Gasteiger partial charge on any atom is 0.124 e. The van der Waals surface area contributed by atoms with E-state index in [2.05, 4.69) is 74.8 Å². The van der Waals surface area contributed by atoms with Crippen LogP contribution in [0.5, 0.6) is 0 Å². The van der Waals surface area contributed by atoms with Gasteiger partial charge in [-0.2, -0.15) is 0 Å². The highest BCUT2D eigenvalue weighted by molar-refractivity contribution is 7.85. The Kier molecular flexibility index (Phi) is 7.80. The fourth-order valence-corrected chi connectivity index (χ4v) is 6.53. The van der Waals surface area contributed by atoms with Gasteiger partial charge >= 0.3 is 0 Å². The Labute approximate surface area is 211 Å². The van der Waals surface area contributed by atoms with Crippen LogP contribution in [0.15, 0.2) is 89.8 Å². The number of aryl methyl sites for hydroxylation is 1. The highest BCUT2D eigenvalue weighted by Gasteiger charge is 2.48. The van der Waals surface area contributed by atoms with E-state index >= 15 is 0 Å². The van der Waals surface area contributed by atoms with Crippen molar-refractivity contribution in [3.05, 3.63) is 102 Å². The van der Waals surface area contributed by atoms with E-state index in [1.54, 1.807) is 12.1 Å². The molecule has 0 radical (unpaired) electrons. The third-order valence-corrected chi connectivity index (χ3v) is 9.06. The van der Waals surface area contributed by atoms with Gasteiger partial charge in [0, 0.05) is 31.6 Å². The molecule has 5 rings (SSSR count). The zero-order valence-corrected chi connectivity index (χ0v) is 21.8. The van der Waals surface area contributed by atoms with Gasteiger partial charge in [-0.25, -0.2) is 8.42 Å². The van der Waals surface area contributed by atoms with Crippen molar-refractivity contribution in [2.75, 3.05) is 14.1 Å². The summed E-state index contributed by atoms with van der Waals surface area (Å²) in [6.07, 6.45) is 7.02. The van der Waals surface area contributed by atoms with E-state index in [0.717, 1.165) is 23.6 Å². The summed E-state index contributed by atoms with van der Waals surface area (Å²) in [6.45, 7) is 1.82. The average molecular weight is 492 g/mol. The molecule has 5 heteroatoms. The number of benzene rings is 3. The van der Waals surface area contributed by atoms with Gasteiger partial charge in [0.15, 0.2) is 0 Å². The van der Waals surface area contributed by atoms with Crippen molar-refractivity contribution in [2.45, 2.75) is 61.9 Å². The summed E-state index contributed by atoms with van der Waals surface area (Å²) in [6, 6.07) is 29.8. The van der Waals surface area contributed by atoms with Crippen LogP contribution >= 0.6 is 0 Å². The average Bonchev–Trinajstić information content (AvgIpc) is 3.00. The van der Waals surface area contributed by atoms with Gasteiger partial charge in [-0.3, -0.25) is 0 Å². The molecule has 2 aliphatic rings. The largest absolute Gasteiger partial charge is 0.744 e. The topological polar surface area (TPSA) is 57.2 Å².